The van der Waals surface area contributed by atoms with E-state index in [-0.39, 0.29) is 17.9 Å². The molecule has 0 saturated carbocycles. The topological polar surface area (TPSA) is 99.5 Å². The maximum atomic E-state index is 11.8. The molecule has 1 atom stereocenters. The second kappa shape index (κ2) is 5.95. The van der Waals surface area contributed by atoms with E-state index in [1.165, 1.54) is 18.3 Å². The van der Waals surface area contributed by atoms with Gasteiger partial charge in [0.1, 0.15) is 5.69 Å². The molecule has 0 radical (unpaired) electrons. The first-order valence-corrected chi connectivity index (χ1v) is 5.20. The van der Waals surface area contributed by atoms with Crippen molar-refractivity contribution in [2.45, 2.75) is 19.4 Å². The fourth-order valence-corrected chi connectivity index (χ4v) is 1.29. The van der Waals surface area contributed by atoms with Crippen LogP contribution >= 0.6 is 0 Å². The Morgan fingerprint density at radius 2 is 2.24 bits per heavy atom. The highest BCUT2D eigenvalue weighted by Crippen LogP contribution is 2.06. The van der Waals surface area contributed by atoms with Crippen molar-refractivity contribution in [1.82, 2.24) is 10.3 Å². The first kappa shape index (κ1) is 13.1. The number of carbonyl (C=O) groups is 2. The molecule has 17 heavy (non-hydrogen) atoms. The molecule has 0 aliphatic carbocycles. The normalized spacial score (nSPS) is 11.9. The molecule has 6 heteroatoms. The molecule has 0 aliphatic heterocycles. The molecule has 0 saturated heterocycles. The van der Waals surface area contributed by atoms with Crippen LogP contribution in [0.5, 0.6) is 0 Å². The first-order valence-electron chi connectivity index (χ1n) is 5.20. The Bertz CT molecular complexity index is 416. The summed E-state index contributed by atoms with van der Waals surface area (Å²) in [6.45, 7) is 1.61. The van der Waals surface area contributed by atoms with Crippen molar-refractivity contribution in [3.05, 3.63) is 29.6 Å². The Kier molecular flexibility index (Phi) is 4.59. The van der Waals surface area contributed by atoms with Crippen LogP contribution in [0.4, 0.5) is 0 Å². The third-order valence-corrected chi connectivity index (χ3v) is 2.30. The number of aromatic nitrogens is 1. The molecule has 1 heterocycles. The van der Waals surface area contributed by atoms with E-state index in [1.807, 2.05) is 0 Å². The van der Waals surface area contributed by atoms with E-state index < -0.39 is 17.9 Å². The smallest absolute Gasteiger partial charge is 0.338 e. The molecule has 1 amide bonds. The van der Waals surface area contributed by atoms with Crippen LogP contribution in [-0.4, -0.2) is 39.7 Å². The van der Waals surface area contributed by atoms with Gasteiger partial charge in [-0.05, 0) is 18.6 Å². The second-order valence-electron chi connectivity index (χ2n) is 3.47. The zero-order valence-corrected chi connectivity index (χ0v) is 9.38. The van der Waals surface area contributed by atoms with Crippen LogP contribution in [-0.2, 0) is 0 Å². The van der Waals surface area contributed by atoms with Crippen LogP contribution in [0, 0.1) is 0 Å². The Hall–Kier alpha value is -1.95. The molecule has 0 fully saturated rings. The number of nitrogens with one attached hydrogen (secondary N) is 1. The number of aliphatic hydroxyl groups excluding tert-OH is 1. The molecule has 1 aromatic heterocycles. The van der Waals surface area contributed by atoms with Crippen LogP contribution in [0.15, 0.2) is 18.3 Å². The van der Waals surface area contributed by atoms with Crippen molar-refractivity contribution in [2.24, 2.45) is 0 Å². The van der Waals surface area contributed by atoms with Gasteiger partial charge in [-0.1, -0.05) is 6.92 Å². The number of hydrogen-bond acceptors (Lipinski definition) is 4. The number of carboxylic acid groups (broad SMARTS) is 1. The van der Waals surface area contributed by atoms with Crippen LogP contribution in [0.2, 0.25) is 0 Å². The molecule has 1 rings (SSSR count). The lowest BCUT2D eigenvalue weighted by atomic mass is 10.1. The Morgan fingerprint density at radius 3 is 2.76 bits per heavy atom. The predicted molar refractivity (Wildman–Crippen MR) is 59.8 cm³/mol. The zero-order chi connectivity index (χ0) is 12.8. The summed E-state index contributed by atoms with van der Waals surface area (Å²) in [5, 5.41) is 20.4. The molecule has 1 aromatic rings. The fraction of sp³-hybridized carbons (Fsp3) is 0.364. The van der Waals surface area contributed by atoms with E-state index in [9.17, 15) is 9.59 Å². The van der Waals surface area contributed by atoms with E-state index in [2.05, 4.69) is 10.3 Å². The van der Waals surface area contributed by atoms with Crippen molar-refractivity contribution in [3.8, 4) is 0 Å². The van der Waals surface area contributed by atoms with Gasteiger partial charge in [-0.2, -0.15) is 0 Å². The Morgan fingerprint density at radius 1 is 1.53 bits per heavy atom. The lowest BCUT2D eigenvalue weighted by Gasteiger charge is -2.14. The quantitative estimate of drug-likeness (QED) is 0.684. The number of carboxylic acids is 1. The van der Waals surface area contributed by atoms with Gasteiger partial charge < -0.3 is 15.5 Å². The van der Waals surface area contributed by atoms with Gasteiger partial charge in [0, 0.05) is 6.20 Å². The average Bonchev–Trinajstić information content (AvgIpc) is 2.35. The average molecular weight is 238 g/mol. The zero-order valence-electron chi connectivity index (χ0n) is 9.38. The Balaban J connectivity index is 2.92. The lowest BCUT2D eigenvalue weighted by Crippen LogP contribution is -2.38. The molecule has 0 unspecified atom stereocenters. The van der Waals surface area contributed by atoms with Crippen molar-refractivity contribution in [1.29, 1.82) is 0 Å². The minimum absolute atomic E-state index is 0.146. The number of pyridine rings is 1. The molecule has 0 aromatic carbocycles. The number of nitrogens with zero attached hydrogens (tertiary/aromatic N) is 1. The molecule has 3 N–H and O–H groups in total. The summed E-state index contributed by atoms with van der Waals surface area (Å²) in [5.74, 6) is -1.80. The van der Waals surface area contributed by atoms with E-state index in [0.29, 0.717) is 6.42 Å². The number of aromatic carboxylic acids is 1. The monoisotopic (exact) mass is 238 g/mol. The lowest BCUT2D eigenvalue weighted by molar-refractivity contribution is 0.0689. The molecular weight excluding hydrogens is 224 g/mol. The molecule has 92 valence electrons. The van der Waals surface area contributed by atoms with Gasteiger partial charge in [-0.15, -0.1) is 0 Å². The van der Waals surface area contributed by atoms with Crippen LogP contribution in [0.25, 0.3) is 0 Å². The summed E-state index contributed by atoms with van der Waals surface area (Å²) in [6.07, 6.45) is 1.90. The molecular formula is C11H14N2O4. The fourth-order valence-electron chi connectivity index (χ4n) is 1.29. The number of rotatable bonds is 5. The van der Waals surface area contributed by atoms with Gasteiger partial charge in [-0.3, -0.25) is 9.78 Å². The number of amides is 1. The maximum absolute atomic E-state index is 11.8. The van der Waals surface area contributed by atoms with Gasteiger partial charge in [0.05, 0.1) is 18.2 Å². The van der Waals surface area contributed by atoms with Crippen molar-refractivity contribution in [2.75, 3.05) is 6.61 Å². The summed E-state index contributed by atoms with van der Waals surface area (Å²) < 4.78 is 0. The minimum atomic E-state index is -1.21. The highest BCUT2D eigenvalue weighted by atomic mass is 16.4. The van der Waals surface area contributed by atoms with Crippen LogP contribution < -0.4 is 5.32 Å². The van der Waals surface area contributed by atoms with Crippen molar-refractivity contribution in [3.63, 3.8) is 0 Å². The maximum Gasteiger partial charge on any atom is 0.338 e. The van der Waals surface area contributed by atoms with E-state index in [4.69, 9.17) is 10.2 Å². The third kappa shape index (κ3) is 3.25. The third-order valence-electron chi connectivity index (χ3n) is 2.30. The van der Waals surface area contributed by atoms with Gasteiger partial charge in [0.2, 0.25) is 0 Å². The van der Waals surface area contributed by atoms with Crippen LogP contribution in [0.1, 0.15) is 34.2 Å². The minimum Gasteiger partial charge on any atom is -0.478 e. The summed E-state index contributed by atoms with van der Waals surface area (Å²) >= 11 is 0. The second-order valence-corrected chi connectivity index (χ2v) is 3.47. The summed E-state index contributed by atoms with van der Waals surface area (Å²) in [6, 6.07) is 2.36. The van der Waals surface area contributed by atoms with E-state index >= 15 is 0 Å². The summed E-state index contributed by atoms with van der Waals surface area (Å²) in [5.41, 5.74) is -0.301. The van der Waals surface area contributed by atoms with Crippen molar-refractivity contribution >= 4 is 11.9 Å². The van der Waals surface area contributed by atoms with Crippen molar-refractivity contribution < 1.29 is 19.8 Å². The number of carbonyl (C=O) groups excluding carboxylic acids is 1. The van der Waals surface area contributed by atoms with E-state index in [0.717, 1.165) is 0 Å². The van der Waals surface area contributed by atoms with E-state index in [1.54, 1.807) is 6.92 Å². The Labute approximate surface area is 98.3 Å². The first-order chi connectivity index (χ1) is 8.10. The largest absolute Gasteiger partial charge is 0.478 e. The van der Waals surface area contributed by atoms with Crippen LogP contribution in [0.3, 0.4) is 0 Å². The van der Waals surface area contributed by atoms with Gasteiger partial charge >= 0.3 is 5.97 Å². The standard InChI is InChI=1S/C11H14N2O4/c1-2-7(6-14)13-10(15)9-8(11(16)17)4-3-5-12-9/h3-5,7,14H,2,6H2,1H3,(H,13,15)(H,16,17)/t7-/m0/s1. The SMILES string of the molecule is CC[C@@H](CO)NC(=O)c1ncccc1C(=O)O. The van der Waals surface area contributed by atoms with Gasteiger partial charge in [0.15, 0.2) is 0 Å². The summed E-state index contributed by atoms with van der Waals surface area (Å²) in [4.78, 5) is 26.4. The predicted octanol–water partition coefficient (Wildman–Crippen LogP) is 0.280. The highest BCUT2D eigenvalue weighted by molar-refractivity contribution is 6.03. The highest BCUT2D eigenvalue weighted by Gasteiger charge is 2.19. The summed E-state index contributed by atoms with van der Waals surface area (Å²) in [7, 11) is 0. The number of hydrogen-bond donors (Lipinski definition) is 3. The molecule has 0 bridgehead atoms. The molecule has 0 aliphatic rings. The molecule has 0 spiro atoms. The van der Waals surface area contributed by atoms with Gasteiger partial charge in [0.25, 0.3) is 5.91 Å². The number of aliphatic hydroxyl groups is 1. The molecule has 6 nitrogen and oxygen atoms in total. The van der Waals surface area contributed by atoms with Gasteiger partial charge in [-0.25, -0.2) is 4.79 Å².